The summed E-state index contributed by atoms with van der Waals surface area (Å²) >= 11 is 3.06. The molecule has 0 N–H and O–H groups in total. The lowest BCUT2D eigenvalue weighted by Gasteiger charge is -2.05. The fraction of sp³-hybridized carbons (Fsp3) is 0.300. The Morgan fingerprint density at radius 2 is 2.13 bits per heavy atom. The number of esters is 1. The van der Waals surface area contributed by atoms with Crippen molar-refractivity contribution >= 4 is 21.9 Å². The molecule has 0 atom stereocenters. The molecule has 0 saturated heterocycles. The van der Waals surface area contributed by atoms with Gasteiger partial charge in [0.1, 0.15) is 0 Å². The molecule has 1 aromatic carbocycles. The third kappa shape index (κ3) is 3.27. The average molecular weight is 279 g/mol. The molecule has 0 unspecified atom stereocenters. The molecular weight excluding hydrogens is 270 g/mol. The molecule has 0 saturated carbocycles. The van der Waals surface area contributed by atoms with Crippen LogP contribution in [0.4, 0.5) is 8.78 Å². The minimum atomic E-state index is -2.60. The quantitative estimate of drug-likeness (QED) is 0.791. The van der Waals surface area contributed by atoms with Crippen LogP contribution in [0.3, 0.4) is 0 Å². The fourth-order valence-electron chi connectivity index (χ4n) is 1.07. The van der Waals surface area contributed by atoms with Crippen LogP contribution in [0, 0.1) is 0 Å². The van der Waals surface area contributed by atoms with E-state index in [1.807, 2.05) is 0 Å². The first kappa shape index (κ1) is 12.1. The number of halogens is 3. The second-order valence-corrected chi connectivity index (χ2v) is 3.71. The molecule has 0 aromatic heterocycles. The number of carbonyl (C=O) groups excluding carboxylic acids is 1. The molecule has 0 radical (unpaired) electrons. The predicted molar refractivity (Wildman–Crippen MR) is 55.1 cm³/mol. The zero-order valence-electron chi connectivity index (χ0n) is 7.97. The molecule has 5 heteroatoms. The van der Waals surface area contributed by atoms with E-state index in [-0.39, 0.29) is 17.7 Å². The Morgan fingerprint density at radius 1 is 1.47 bits per heavy atom. The van der Waals surface area contributed by atoms with Gasteiger partial charge in [-0.1, -0.05) is 15.9 Å². The maximum atomic E-state index is 12.4. The molecule has 0 bridgehead atoms. The van der Waals surface area contributed by atoms with Crippen molar-refractivity contribution in [3.63, 3.8) is 0 Å². The van der Waals surface area contributed by atoms with Crippen molar-refractivity contribution in [2.45, 2.75) is 13.3 Å². The summed E-state index contributed by atoms with van der Waals surface area (Å²) in [6.45, 7) is 1.87. The van der Waals surface area contributed by atoms with E-state index in [2.05, 4.69) is 15.9 Å². The van der Waals surface area contributed by atoms with Crippen molar-refractivity contribution in [3.8, 4) is 0 Å². The van der Waals surface area contributed by atoms with Gasteiger partial charge in [0.05, 0.1) is 12.2 Å². The normalized spacial score (nSPS) is 10.5. The van der Waals surface area contributed by atoms with E-state index in [0.29, 0.717) is 4.47 Å². The molecule has 0 amide bonds. The van der Waals surface area contributed by atoms with Crippen molar-refractivity contribution in [1.29, 1.82) is 0 Å². The summed E-state index contributed by atoms with van der Waals surface area (Å²) in [4.78, 5) is 11.3. The zero-order chi connectivity index (χ0) is 11.4. The van der Waals surface area contributed by atoms with Crippen LogP contribution in [0.25, 0.3) is 0 Å². The Morgan fingerprint density at radius 3 is 2.67 bits per heavy atom. The summed E-state index contributed by atoms with van der Waals surface area (Å²) in [6.07, 6.45) is -2.60. The van der Waals surface area contributed by atoms with Gasteiger partial charge in [-0.2, -0.15) is 0 Å². The summed E-state index contributed by atoms with van der Waals surface area (Å²) in [7, 11) is 0. The Balaban J connectivity index is 3.03. The molecule has 1 rings (SSSR count). The first-order valence-corrected chi connectivity index (χ1v) is 5.09. The Hall–Kier alpha value is -0.970. The van der Waals surface area contributed by atoms with Gasteiger partial charge < -0.3 is 4.74 Å². The molecule has 0 aliphatic carbocycles. The van der Waals surface area contributed by atoms with Crippen LogP contribution in [0.1, 0.15) is 29.3 Å². The number of ether oxygens (including phenoxy) is 1. The second-order valence-electron chi connectivity index (χ2n) is 2.79. The number of benzene rings is 1. The van der Waals surface area contributed by atoms with Gasteiger partial charge in [-0.15, -0.1) is 0 Å². The molecule has 0 aliphatic heterocycles. The summed E-state index contributed by atoms with van der Waals surface area (Å²) in [5.41, 5.74) is -0.0750. The molecule has 1 aromatic rings. The van der Waals surface area contributed by atoms with E-state index < -0.39 is 12.4 Å². The van der Waals surface area contributed by atoms with E-state index in [0.717, 1.165) is 6.07 Å². The predicted octanol–water partition coefficient (Wildman–Crippen LogP) is 3.56. The van der Waals surface area contributed by atoms with Gasteiger partial charge in [-0.3, -0.25) is 0 Å². The summed E-state index contributed by atoms with van der Waals surface area (Å²) in [5.74, 6) is -0.597. The highest BCUT2D eigenvalue weighted by Gasteiger charge is 2.13. The van der Waals surface area contributed by atoms with Gasteiger partial charge >= 0.3 is 5.97 Å². The maximum Gasteiger partial charge on any atom is 0.338 e. The molecule has 82 valence electrons. The lowest BCUT2D eigenvalue weighted by atomic mass is 10.1. The highest BCUT2D eigenvalue weighted by Crippen LogP contribution is 2.24. The van der Waals surface area contributed by atoms with Crippen molar-refractivity contribution in [2.24, 2.45) is 0 Å². The van der Waals surface area contributed by atoms with Gasteiger partial charge in [0.2, 0.25) is 0 Å². The van der Waals surface area contributed by atoms with E-state index in [9.17, 15) is 13.6 Å². The van der Waals surface area contributed by atoms with Crippen LogP contribution in [0.2, 0.25) is 0 Å². The van der Waals surface area contributed by atoms with Crippen LogP contribution in [-0.2, 0) is 4.74 Å². The van der Waals surface area contributed by atoms with E-state index in [1.165, 1.54) is 12.1 Å². The zero-order valence-corrected chi connectivity index (χ0v) is 9.55. The van der Waals surface area contributed by atoms with Crippen LogP contribution < -0.4 is 0 Å². The van der Waals surface area contributed by atoms with Crippen LogP contribution in [0.15, 0.2) is 22.7 Å². The third-order valence-electron chi connectivity index (χ3n) is 1.68. The minimum absolute atomic E-state index is 0.126. The smallest absolute Gasteiger partial charge is 0.338 e. The standard InChI is InChI=1S/C10H9BrF2O2/c1-2-15-10(14)7-3-6(9(12)13)4-8(11)5-7/h3-5,9H,2H2,1H3. The highest BCUT2D eigenvalue weighted by atomic mass is 79.9. The van der Waals surface area contributed by atoms with Gasteiger partial charge in [-0.05, 0) is 25.1 Å². The maximum absolute atomic E-state index is 12.4. The van der Waals surface area contributed by atoms with E-state index in [1.54, 1.807) is 6.92 Å². The number of alkyl halides is 2. The SMILES string of the molecule is CCOC(=O)c1cc(Br)cc(C(F)F)c1. The molecule has 0 fully saturated rings. The first-order chi connectivity index (χ1) is 7.04. The van der Waals surface area contributed by atoms with Crippen molar-refractivity contribution in [2.75, 3.05) is 6.61 Å². The van der Waals surface area contributed by atoms with Gasteiger partial charge in [0, 0.05) is 10.0 Å². The summed E-state index contributed by atoms with van der Waals surface area (Å²) in [6, 6.07) is 3.85. The lowest BCUT2D eigenvalue weighted by Crippen LogP contribution is -2.05. The van der Waals surface area contributed by atoms with Crippen LogP contribution >= 0.6 is 15.9 Å². The van der Waals surface area contributed by atoms with Crippen LogP contribution in [-0.4, -0.2) is 12.6 Å². The van der Waals surface area contributed by atoms with E-state index >= 15 is 0 Å². The second kappa shape index (κ2) is 5.21. The monoisotopic (exact) mass is 278 g/mol. The molecule has 0 spiro atoms. The fourth-order valence-corrected chi connectivity index (χ4v) is 1.58. The largest absolute Gasteiger partial charge is 0.462 e. The van der Waals surface area contributed by atoms with Crippen molar-refractivity contribution < 1.29 is 18.3 Å². The van der Waals surface area contributed by atoms with Gasteiger partial charge in [0.25, 0.3) is 6.43 Å². The topological polar surface area (TPSA) is 26.3 Å². The van der Waals surface area contributed by atoms with E-state index in [4.69, 9.17) is 4.74 Å². The van der Waals surface area contributed by atoms with Gasteiger partial charge in [-0.25, -0.2) is 13.6 Å². The highest BCUT2D eigenvalue weighted by molar-refractivity contribution is 9.10. The number of hydrogen-bond donors (Lipinski definition) is 0. The third-order valence-corrected chi connectivity index (χ3v) is 2.14. The molecule has 2 nitrogen and oxygen atoms in total. The summed E-state index contributed by atoms with van der Waals surface area (Å²) in [5, 5.41) is 0. The summed E-state index contributed by atoms with van der Waals surface area (Å²) < 4.78 is 30.0. The van der Waals surface area contributed by atoms with Crippen LogP contribution in [0.5, 0.6) is 0 Å². The number of rotatable bonds is 3. The Bertz CT molecular complexity index is 366. The number of hydrogen-bond acceptors (Lipinski definition) is 2. The minimum Gasteiger partial charge on any atom is -0.462 e. The Labute approximate surface area is 94.4 Å². The first-order valence-electron chi connectivity index (χ1n) is 4.30. The Kier molecular flexibility index (Phi) is 4.20. The lowest BCUT2D eigenvalue weighted by molar-refractivity contribution is 0.0526. The molecule has 0 aliphatic rings. The van der Waals surface area contributed by atoms with Crippen molar-refractivity contribution in [1.82, 2.24) is 0 Å². The van der Waals surface area contributed by atoms with Gasteiger partial charge in [0.15, 0.2) is 0 Å². The van der Waals surface area contributed by atoms with Crippen molar-refractivity contribution in [3.05, 3.63) is 33.8 Å². The molecule has 0 heterocycles. The molecule has 15 heavy (non-hydrogen) atoms. The molecular formula is C10H9BrF2O2. The number of carbonyl (C=O) groups is 1. The average Bonchev–Trinajstić information content (AvgIpc) is 2.17.